The number of nitrogens with zero attached hydrogens (tertiary/aromatic N) is 4. The molecule has 49 heavy (non-hydrogen) atoms. The molecule has 0 aliphatic rings. The predicted octanol–water partition coefficient (Wildman–Crippen LogP) is 11.3. The third-order valence-corrected chi connectivity index (χ3v) is 8.94. The summed E-state index contributed by atoms with van der Waals surface area (Å²) < 4.78 is 10.9. The van der Waals surface area contributed by atoms with E-state index in [2.05, 4.69) is 156 Å². The quantitative estimate of drug-likeness (QED) is 0.150. The van der Waals surface area contributed by atoms with E-state index in [0.717, 1.165) is 50.1 Å². The second kappa shape index (κ2) is 13.4. The van der Waals surface area contributed by atoms with Gasteiger partial charge in [0.25, 0.3) is 0 Å². The zero-order valence-electron chi connectivity index (χ0n) is 29.4. The van der Waals surface area contributed by atoms with Crippen LogP contribution in [0.3, 0.4) is 0 Å². The van der Waals surface area contributed by atoms with Crippen LogP contribution in [-0.2, 0) is 26.5 Å². The van der Waals surface area contributed by atoms with Gasteiger partial charge >= 0.3 is 21.1 Å². The smallest absolute Gasteiger partial charge is 0.509 e. The molecule has 0 amide bonds. The molecule has 3 heterocycles. The van der Waals surface area contributed by atoms with Crippen molar-refractivity contribution >= 4 is 21.8 Å². The average molecular weight is 826 g/mol. The fourth-order valence-corrected chi connectivity index (χ4v) is 6.53. The fraction of sp³-hybridized carbons (Fsp3) is 0.256. The summed E-state index contributed by atoms with van der Waals surface area (Å²) in [6.07, 6.45) is 1.86. The molecule has 0 saturated heterocycles. The van der Waals surface area contributed by atoms with Gasteiger partial charge in [0.05, 0.1) is 11.4 Å². The van der Waals surface area contributed by atoms with Crippen molar-refractivity contribution in [1.82, 2.24) is 19.3 Å². The van der Waals surface area contributed by atoms with Crippen LogP contribution in [0.5, 0.6) is 11.5 Å². The van der Waals surface area contributed by atoms with E-state index in [1.54, 1.807) is 0 Å². The monoisotopic (exact) mass is 825 g/mol. The predicted molar refractivity (Wildman–Crippen MR) is 197 cm³/mol. The molecule has 0 fully saturated rings. The zero-order valence-corrected chi connectivity index (χ0v) is 31.7. The van der Waals surface area contributed by atoms with Crippen molar-refractivity contribution in [2.24, 2.45) is 0 Å². The van der Waals surface area contributed by atoms with Crippen molar-refractivity contribution in [3.63, 3.8) is 0 Å². The molecular weight excluding hydrogens is 784 g/mol. The van der Waals surface area contributed by atoms with Gasteiger partial charge in [-0.25, -0.2) is 4.98 Å². The van der Waals surface area contributed by atoms with Crippen molar-refractivity contribution in [1.29, 1.82) is 0 Å². The molecule has 0 unspecified atom stereocenters. The number of hydrogen-bond donors (Lipinski definition) is 0. The molecule has 0 spiro atoms. The van der Waals surface area contributed by atoms with E-state index < -0.39 is 0 Å². The average Bonchev–Trinajstić information content (AvgIpc) is 3.62. The Balaban J connectivity index is 0.00000417. The molecule has 5 nitrogen and oxygen atoms in total. The Hall–Kier alpha value is -4.47. The maximum atomic E-state index is 6.68. The number of para-hydroxylation sites is 1. The molecule has 7 aromatic rings. The van der Waals surface area contributed by atoms with Gasteiger partial charge in [-0.1, -0.05) is 103 Å². The first-order chi connectivity index (χ1) is 23.0. The summed E-state index contributed by atoms with van der Waals surface area (Å²) in [5.74, 6) is 2.57. The SMILES string of the molecule is Cc1ccnc(-n2c3[c-]c(Oc4[c-]c(-n5nc(C(C)C)c(-c6ccccc6)c5C(C)C)cc(C(C)(C)C)c4)ccc3c3ccccc32)c1.[Pt+2]. The fourth-order valence-electron chi connectivity index (χ4n) is 6.53. The Morgan fingerprint density at radius 3 is 2.18 bits per heavy atom. The second-order valence-electron chi connectivity index (χ2n) is 14.3. The third kappa shape index (κ3) is 6.49. The summed E-state index contributed by atoms with van der Waals surface area (Å²) in [7, 11) is 0. The van der Waals surface area contributed by atoms with Crippen molar-refractivity contribution in [2.45, 2.75) is 72.6 Å². The molecule has 0 saturated carbocycles. The van der Waals surface area contributed by atoms with Gasteiger partial charge in [-0.15, -0.1) is 41.3 Å². The van der Waals surface area contributed by atoms with Crippen LogP contribution in [0.2, 0.25) is 0 Å². The number of aromatic nitrogens is 4. The minimum absolute atomic E-state index is 0. The molecule has 7 rings (SSSR count). The molecule has 0 bridgehead atoms. The van der Waals surface area contributed by atoms with Gasteiger partial charge in [0.2, 0.25) is 0 Å². The molecule has 3 aromatic heterocycles. The van der Waals surface area contributed by atoms with Crippen LogP contribution >= 0.6 is 0 Å². The summed E-state index contributed by atoms with van der Waals surface area (Å²) in [5, 5.41) is 7.53. The molecule has 0 radical (unpaired) electrons. The Labute approximate surface area is 304 Å². The van der Waals surface area contributed by atoms with E-state index in [9.17, 15) is 0 Å². The van der Waals surface area contributed by atoms with Gasteiger partial charge in [0, 0.05) is 28.8 Å². The zero-order chi connectivity index (χ0) is 33.7. The topological polar surface area (TPSA) is 44.9 Å². The first-order valence-corrected chi connectivity index (χ1v) is 16.8. The van der Waals surface area contributed by atoms with E-state index in [-0.39, 0.29) is 38.3 Å². The van der Waals surface area contributed by atoms with Crippen molar-refractivity contribution < 1.29 is 25.8 Å². The van der Waals surface area contributed by atoms with E-state index >= 15 is 0 Å². The number of rotatable bonds is 7. The summed E-state index contributed by atoms with van der Waals surface area (Å²) in [5.41, 5.74) is 9.66. The van der Waals surface area contributed by atoms with Crippen molar-refractivity contribution in [3.8, 4) is 34.1 Å². The van der Waals surface area contributed by atoms with Crippen LogP contribution in [-0.4, -0.2) is 19.3 Å². The van der Waals surface area contributed by atoms with Crippen LogP contribution in [0.25, 0.3) is 44.4 Å². The van der Waals surface area contributed by atoms with Crippen LogP contribution in [0, 0.1) is 19.1 Å². The molecule has 0 aliphatic heterocycles. The first-order valence-electron chi connectivity index (χ1n) is 16.8. The van der Waals surface area contributed by atoms with Crippen molar-refractivity contribution in [2.75, 3.05) is 0 Å². The van der Waals surface area contributed by atoms with Crippen LogP contribution < -0.4 is 4.74 Å². The van der Waals surface area contributed by atoms with E-state index in [4.69, 9.17) is 14.8 Å². The number of aryl methyl sites for hydroxylation is 1. The largest absolute Gasteiger partial charge is 2.00 e. The van der Waals surface area contributed by atoms with Gasteiger partial charge in [-0.2, -0.15) is 11.2 Å². The molecule has 4 aromatic carbocycles. The second-order valence-corrected chi connectivity index (χ2v) is 14.3. The Morgan fingerprint density at radius 1 is 0.755 bits per heavy atom. The third-order valence-electron chi connectivity index (χ3n) is 8.94. The minimum atomic E-state index is -0.132. The van der Waals surface area contributed by atoms with Crippen molar-refractivity contribution in [3.05, 3.63) is 132 Å². The maximum absolute atomic E-state index is 6.68. The molecule has 0 N–H and O–H groups in total. The van der Waals surface area contributed by atoms with E-state index in [0.29, 0.717) is 11.5 Å². The maximum Gasteiger partial charge on any atom is 2.00 e. The molecule has 250 valence electrons. The Kier molecular flexibility index (Phi) is 9.44. The number of benzene rings is 4. The van der Waals surface area contributed by atoms with Gasteiger partial charge in [-0.05, 0) is 64.6 Å². The van der Waals surface area contributed by atoms with Gasteiger partial charge in [-0.3, -0.25) is 4.68 Å². The molecular formula is C43H42N4OPt. The first kappa shape index (κ1) is 34.4. The van der Waals surface area contributed by atoms with E-state index in [1.807, 2.05) is 18.3 Å². The van der Waals surface area contributed by atoms with Gasteiger partial charge < -0.3 is 9.30 Å². The molecule has 0 aliphatic carbocycles. The number of fused-ring (bicyclic) bond motifs is 3. The summed E-state index contributed by atoms with van der Waals surface area (Å²) in [6, 6.07) is 38.8. The van der Waals surface area contributed by atoms with Crippen LogP contribution in [0.1, 0.15) is 82.8 Å². The molecule has 6 heteroatoms. The standard InChI is InChI=1S/C43H42N4O.Pt/c1-27(2)41-40(30-14-10-9-11-15-30)42(28(3)4)47(45-41)32-23-31(43(6,7)8)24-34(25-32)48-33-18-19-36-35-16-12-13-17-37(35)46(38(36)26-33)39-22-29(5)20-21-44-39;/h9-24,27-28H,1-8H3;/q-2;+2. The van der Waals surface area contributed by atoms with Crippen LogP contribution in [0.15, 0.2) is 97.2 Å². The minimum Gasteiger partial charge on any atom is -0.509 e. The Morgan fingerprint density at radius 2 is 1.49 bits per heavy atom. The van der Waals surface area contributed by atoms with Gasteiger partial charge in [0.1, 0.15) is 5.82 Å². The normalized spacial score (nSPS) is 11.9. The molecule has 0 atom stereocenters. The number of ether oxygens (including phenoxy) is 1. The summed E-state index contributed by atoms with van der Waals surface area (Å²) >= 11 is 0. The summed E-state index contributed by atoms with van der Waals surface area (Å²) in [4.78, 5) is 4.73. The number of pyridine rings is 1. The number of hydrogen-bond acceptors (Lipinski definition) is 3. The van der Waals surface area contributed by atoms with E-state index in [1.165, 1.54) is 16.8 Å². The van der Waals surface area contributed by atoms with Crippen LogP contribution in [0.4, 0.5) is 0 Å². The summed E-state index contributed by atoms with van der Waals surface area (Å²) in [6.45, 7) is 17.7. The Bertz CT molecular complexity index is 2270. The van der Waals surface area contributed by atoms with Gasteiger partial charge in [0.15, 0.2) is 0 Å².